The molecule has 0 saturated heterocycles. The molecular weight excluding hydrogens is 374 g/mol. The lowest BCUT2D eigenvalue weighted by Gasteiger charge is -2.04. The van der Waals surface area contributed by atoms with Gasteiger partial charge in [-0.25, -0.2) is 9.78 Å². The van der Waals surface area contributed by atoms with Gasteiger partial charge in [-0.05, 0) is 19.1 Å². The number of carbonyl (C=O) groups excluding carboxylic acids is 1. The van der Waals surface area contributed by atoms with Crippen molar-refractivity contribution in [2.75, 3.05) is 12.5 Å². The number of nitrogens with zero attached hydrogens (tertiary/aromatic N) is 2. The van der Waals surface area contributed by atoms with Crippen LogP contribution in [0.1, 0.15) is 15.4 Å². The normalized spacial score (nSPS) is 11.6. The van der Waals surface area contributed by atoms with Crippen LogP contribution in [-0.2, 0) is 4.74 Å². The van der Waals surface area contributed by atoms with E-state index in [2.05, 4.69) is 15.5 Å². The Morgan fingerprint density at radius 1 is 1.14 bits per heavy atom. The van der Waals surface area contributed by atoms with Crippen LogP contribution in [0.5, 0.6) is 0 Å². The molecule has 0 unspecified atom stereocenters. The quantitative estimate of drug-likeness (QED) is 0.407. The smallest absolute Gasteiger partial charge is 0.350 e. The van der Waals surface area contributed by atoms with Crippen molar-refractivity contribution in [1.82, 2.24) is 4.98 Å². The number of carbonyl (C=O) groups is 1. The van der Waals surface area contributed by atoms with E-state index in [4.69, 9.17) is 9.15 Å². The van der Waals surface area contributed by atoms with Gasteiger partial charge in [0.15, 0.2) is 0 Å². The lowest BCUT2D eigenvalue weighted by Crippen LogP contribution is -2.07. The maximum atomic E-state index is 11.8. The maximum Gasteiger partial charge on any atom is 0.350 e. The predicted octanol–water partition coefficient (Wildman–Crippen LogP) is 4.58. The third-order valence-corrected chi connectivity index (χ3v) is 5.19. The van der Waals surface area contributed by atoms with Gasteiger partial charge in [0, 0.05) is 17.0 Å². The number of nitrogens with one attached hydrogen (secondary N) is 1. The number of esters is 1. The monoisotopic (exact) mass is 391 g/mol. The molecule has 1 N–H and O–H groups in total. The molecule has 2 aromatic heterocycles. The molecule has 4 aromatic rings. The number of aryl methyl sites for hydroxylation is 1. The van der Waals surface area contributed by atoms with E-state index in [9.17, 15) is 4.79 Å². The average molecular weight is 391 g/mol. The number of para-hydroxylation sites is 1. The SMILES string of the molecule is COC(=O)c1sc(NN=c2cc(-c3ccccc3)oc3ccccc23)nc1C. The number of aromatic nitrogens is 1. The van der Waals surface area contributed by atoms with Crippen LogP contribution in [-0.4, -0.2) is 18.1 Å². The van der Waals surface area contributed by atoms with Gasteiger partial charge in [0.1, 0.15) is 16.2 Å². The number of rotatable bonds is 4. The molecule has 0 aliphatic rings. The Labute approximate surface area is 165 Å². The van der Waals surface area contributed by atoms with Crippen molar-refractivity contribution in [3.05, 3.63) is 76.6 Å². The fraction of sp³-hybridized carbons (Fsp3) is 0.0952. The second kappa shape index (κ2) is 7.66. The van der Waals surface area contributed by atoms with Gasteiger partial charge in [-0.3, -0.25) is 5.43 Å². The summed E-state index contributed by atoms with van der Waals surface area (Å²) in [6.07, 6.45) is 0. The predicted molar refractivity (Wildman–Crippen MR) is 109 cm³/mol. The Kier molecular flexibility index (Phi) is 4.90. The minimum Gasteiger partial charge on any atom is -0.465 e. The summed E-state index contributed by atoms with van der Waals surface area (Å²) < 4.78 is 10.8. The van der Waals surface area contributed by atoms with E-state index in [0.29, 0.717) is 26.8 Å². The summed E-state index contributed by atoms with van der Waals surface area (Å²) in [6.45, 7) is 1.76. The van der Waals surface area contributed by atoms with Gasteiger partial charge >= 0.3 is 5.97 Å². The topological polar surface area (TPSA) is 76.7 Å². The fourth-order valence-electron chi connectivity index (χ4n) is 2.79. The first kappa shape index (κ1) is 17.9. The average Bonchev–Trinajstić information content (AvgIpc) is 3.12. The van der Waals surface area contributed by atoms with E-state index in [1.165, 1.54) is 18.4 Å². The highest BCUT2D eigenvalue weighted by molar-refractivity contribution is 7.17. The van der Waals surface area contributed by atoms with Crippen molar-refractivity contribution in [2.24, 2.45) is 5.10 Å². The largest absolute Gasteiger partial charge is 0.465 e. The van der Waals surface area contributed by atoms with Gasteiger partial charge in [0.05, 0.1) is 18.2 Å². The van der Waals surface area contributed by atoms with Crippen molar-refractivity contribution in [3.63, 3.8) is 0 Å². The molecule has 2 heterocycles. The summed E-state index contributed by atoms with van der Waals surface area (Å²) in [4.78, 5) is 16.6. The summed E-state index contributed by atoms with van der Waals surface area (Å²) in [5.74, 6) is 0.309. The van der Waals surface area contributed by atoms with Crippen molar-refractivity contribution in [3.8, 4) is 11.3 Å². The van der Waals surface area contributed by atoms with Crippen LogP contribution in [0.3, 0.4) is 0 Å². The third kappa shape index (κ3) is 3.52. The molecule has 4 rings (SSSR count). The maximum absolute atomic E-state index is 11.8. The van der Waals surface area contributed by atoms with Crippen LogP contribution in [0.25, 0.3) is 22.3 Å². The molecular formula is C21H17N3O3S. The number of anilines is 1. The van der Waals surface area contributed by atoms with Crippen LogP contribution in [0.4, 0.5) is 5.13 Å². The number of methoxy groups -OCH3 is 1. The summed E-state index contributed by atoms with van der Waals surface area (Å²) in [5.41, 5.74) is 5.25. The van der Waals surface area contributed by atoms with E-state index in [0.717, 1.165) is 16.5 Å². The minimum atomic E-state index is -0.404. The molecule has 0 amide bonds. The van der Waals surface area contributed by atoms with Gasteiger partial charge < -0.3 is 9.15 Å². The molecule has 0 bridgehead atoms. The number of hydrogen-bond donors (Lipinski definition) is 1. The third-order valence-electron chi connectivity index (χ3n) is 4.15. The molecule has 28 heavy (non-hydrogen) atoms. The van der Waals surface area contributed by atoms with Crippen molar-refractivity contribution in [1.29, 1.82) is 0 Å². The second-order valence-electron chi connectivity index (χ2n) is 6.01. The van der Waals surface area contributed by atoms with Crippen LogP contribution >= 0.6 is 11.3 Å². The standard InChI is InChI=1S/C21H17N3O3S/c1-13-19(20(25)26-2)28-21(22-13)24-23-16-12-18(14-8-4-3-5-9-14)27-17-11-7-6-10-15(16)17/h3-12H,1-2H3,(H,22,24). The second-order valence-corrected chi connectivity index (χ2v) is 7.01. The first-order chi connectivity index (χ1) is 13.7. The zero-order valence-corrected chi connectivity index (χ0v) is 16.1. The van der Waals surface area contributed by atoms with Gasteiger partial charge in [0.2, 0.25) is 5.13 Å². The van der Waals surface area contributed by atoms with Gasteiger partial charge in [-0.1, -0.05) is 53.8 Å². The summed E-state index contributed by atoms with van der Waals surface area (Å²) in [5, 5.41) is 6.62. The summed E-state index contributed by atoms with van der Waals surface area (Å²) >= 11 is 1.20. The Hall–Kier alpha value is -3.45. The van der Waals surface area contributed by atoms with Gasteiger partial charge in [0.25, 0.3) is 0 Å². The Morgan fingerprint density at radius 2 is 1.89 bits per heavy atom. The van der Waals surface area contributed by atoms with E-state index < -0.39 is 5.97 Å². The lowest BCUT2D eigenvalue weighted by molar-refractivity contribution is 0.0605. The Morgan fingerprint density at radius 3 is 2.68 bits per heavy atom. The summed E-state index contributed by atoms with van der Waals surface area (Å²) in [6, 6.07) is 19.4. The van der Waals surface area contributed by atoms with E-state index >= 15 is 0 Å². The fourth-order valence-corrected chi connectivity index (χ4v) is 3.62. The van der Waals surface area contributed by atoms with Crippen LogP contribution in [0, 0.1) is 6.92 Å². The Bertz CT molecular complexity index is 1210. The lowest BCUT2D eigenvalue weighted by atomic mass is 10.1. The highest BCUT2D eigenvalue weighted by Crippen LogP contribution is 2.24. The molecule has 0 saturated carbocycles. The number of hydrogen-bond acceptors (Lipinski definition) is 7. The number of fused-ring (bicyclic) bond motifs is 1. The zero-order valence-electron chi connectivity index (χ0n) is 15.3. The van der Waals surface area contributed by atoms with Gasteiger partial charge in [-0.15, -0.1) is 0 Å². The van der Waals surface area contributed by atoms with Crippen molar-refractivity contribution < 1.29 is 13.9 Å². The molecule has 140 valence electrons. The molecule has 0 aliphatic carbocycles. The molecule has 0 radical (unpaired) electrons. The molecule has 0 atom stereocenters. The first-order valence-electron chi connectivity index (χ1n) is 8.59. The minimum absolute atomic E-state index is 0.404. The number of thiazole rings is 1. The number of ether oxygens (including phenoxy) is 1. The highest BCUT2D eigenvalue weighted by Gasteiger charge is 2.15. The van der Waals surface area contributed by atoms with Crippen molar-refractivity contribution in [2.45, 2.75) is 6.92 Å². The highest BCUT2D eigenvalue weighted by atomic mass is 32.1. The zero-order chi connectivity index (χ0) is 19.5. The molecule has 6 nitrogen and oxygen atoms in total. The van der Waals surface area contributed by atoms with E-state index in [1.54, 1.807) is 6.92 Å². The number of benzene rings is 2. The molecule has 0 aliphatic heterocycles. The molecule has 7 heteroatoms. The van der Waals surface area contributed by atoms with E-state index in [-0.39, 0.29) is 0 Å². The van der Waals surface area contributed by atoms with E-state index in [1.807, 2.05) is 60.7 Å². The molecule has 2 aromatic carbocycles. The van der Waals surface area contributed by atoms with Crippen LogP contribution in [0.2, 0.25) is 0 Å². The van der Waals surface area contributed by atoms with Gasteiger partial charge in [-0.2, -0.15) is 5.10 Å². The Balaban J connectivity index is 1.78. The first-order valence-corrected chi connectivity index (χ1v) is 9.41. The van der Waals surface area contributed by atoms with Crippen LogP contribution in [0.15, 0.2) is 70.2 Å². The van der Waals surface area contributed by atoms with Crippen LogP contribution < -0.4 is 10.8 Å². The summed E-state index contributed by atoms with van der Waals surface area (Å²) in [7, 11) is 1.35. The van der Waals surface area contributed by atoms with Crippen molar-refractivity contribution >= 4 is 33.4 Å². The molecule has 0 fully saturated rings. The molecule has 0 spiro atoms.